The van der Waals surface area contributed by atoms with Crippen LogP contribution in [-0.4, -0.2) is 22.3 Å². The molecule has 3 nitrogen and oxygen atoms in total. The topological polar surface area (TPSA) is 42.0 Å². The van der Waals surface area contributed by atoms with Crippen molar-refractivity contribution >= 4 is 28.4 Å². The number of alkyl halides is 1. The van der Waals surface area contributed by atoms with Crippen LogP contribution in [-0.2, 0) is 0 Å². The summed E-state index contributed by atoms with van der Waals surface area (Å²) in [5, 5.41) is 4.03. The largest absolute Gasteiger partial charge is 0.345 e. The van der Waals surface area contributed by atoms with Gasteiger partial charge in [-0.1, -0.05) is 18.2 Å². The molecule has 0 atom stereocenters. The Morgan fingerprint density at radius 3 is 2.84 bits per heavy atom. The minimum atomic E-state index is -0.204. The quantitative estimate of drug-likeness (QED) is 0.874. The van der Waals surface area contributed by atoms with Gasteiger partial charge in [-0.25, -0.2) is 0 Å². The number of aromatic nitrogens is 1. The van der Waals surface area contributed by atoms with E-state index in [0.29, 0.717) is 11.4 Å². The van der Waals surface area contributed by atoms with Crippen LogP contribution < -0.4 is 5.32 Å². The van der Waals surface area contributed by atoms with Gasteiger partial charge in [0.25, 0.3) is 5.91 Å². The fraction of sp³-hybridized carbons (Fsp3) is 0.333. The molecule has 3 rings (SSSR count). The number of nitrogens with zero attached hydrogens (tertiary/aromatic N) is 1. The van der Waals surface area contributed by atoms with Crippen molar-refractivity contribution < 1.29 is 4.79 Å². The highest BCUT2D eigenvalue weighted by atomic mass is 35.5. The van der Waals surface area contributed by atoms with Crippen LogP contribution in [0.15, 0.2) is 36.5 Å². The molecule has 1 aromatic carbocycles. The average Bonchev–Trinajstić information content (AvgIpc) is 2.42. The maximum Gasteiger partial charge on any atom is 0.253 e. The maximum absolute atomic E-state index is 12.2. The number of pyridine rings is 1. The molecule has 0 aliphatic heterocycles. The second-order valence-electron chi connectivity index (χ2n) is 5.14. The molecule has 0 bridgehead atoms. The fourth-order valence-electron chi connectivity index (χ4n) is 2.40. The van der Waals surface area contributed by atoms with Gasteiger partial charge in [0, 0.05) is 17.5 Å². The SMILES string of the molecule is O=C(NC1(CCl)CCC1)c1cnc2ccccc2c1. The Morgan fingerprint density at radius 2 is 2.16 bits per heavy atom. The number of para-hydroxylation sites is 1. The van der Waals surface area contributed by atoms with Crippen molar-refractivity contribution in [1.82, 2.24) is 10.3 Å². The molecule has 1 aromatic heterocycles. The molecular weight excluding hydrogens is 260 g/mol. The number of hydrogen-bond donors (Lipinski definition) is 1. The molecule has 0 unspecified atom stereocenters. The first-order chi connectivity index (χ1) is 9.22. The number of rotatable bonds is 3. The van der Waals surface area contributed by atoms with Gasteiger partial charge in [0.05, 0.1) is 16.6 Å². The fourth-order valence-corrected chi connectivity index (χ4v) is 2.74. The van der Waals surface area contributed by atoms with E-state index < -0.39 is 0 Å². The molecule has 19 heavy (non-hydrogen) atoms. The molecule has 1 N–H and O–H groups in total. The molecule has 98 valence electrons. The Balaban J connectivity index is 1.85. The molecule has 1 fully saturated rings. The summed E-state index contributed by atoms with van der Waals surface area (Å²) in [5.41, 5.74) is 1.29. The number of carbonyl (C=O) groups is 1. The second-order valence-corrected chi connectivity index (χ2v) is 5.41. The van der Waals surface area contributed by atoms with Crippen molar-refractivity contribution in [1.29, 1.82) is 0 Å². The molecule has 0 radical (unpaired) electrons. The molecule has 0 saturated heterocycles. The minimum absolute atomic E-state index is 0.0846. The van der Waals surface area contributed by atoms with E-state index in [1.807, 2.05) is 30.3 Å². The zero-order chi connectivity index (χ0) is 13.3. The first-order valence-corrected chi connectivity index (χ1v) is 6.99. The molecular formula is C15H15ClN2O. The van der Waals surface area contributed by atoms with E-state index in [0.717, 1.165) is 30.2 Å². The first-order valence-electron chi connectivity index (χ1n) is 6.46. The van der Waals surface area contributed by atoms with Crippen LogP contribution in [0.5, 0.6) is 0 Å². The van der Waals surface area contributed by atoms with Gasteiger partial charge < -0.3 is 5.32 Å². The summed E-state index contributed by atoms with van der Waals surface area (Å²) in [5.74, 6) is 0.387. The molecule has 1 amide bonds. The molecule has 2 aromatic rings. The number of nitrogens with one attached hydrogen (secondary N) is 1. The summed E-state index contributed by atoms with van der Waals surface area (Å²) >= 11 is 5.96. The molecule has 1 heterocycles. The number of amides is 1. The highest BCUT2D eigenvalue weighted by Gasteiger charge is 2.37. The van der Waals surface area contributed by atoms with Gasteiger partial charge in [-0.05, 0) is 31.4 Å². The van der Waals surface area contributed by atoms with Crippen LogP contribution in [0.3, 0.4) is 0 Å². The van der Waals surface area contributed by atoms with Crippen molar-refractivity contribution in [2.45, 2.75) is 24.8 Å². The number of halogens is 1. The van der Waals surface area contributed by atoms with E-state index in [1.165, 1.54) is 0 Å². The molecule has 1 aliphatic rings. The lowest BCUT2D eigenvalue weighted by atomic mass is 9.78. The monoisotopic (exact) mass is 274 g/mol. The summed E-state index contributed by atoms with van der Waals surface area (Å²) in [6, 6.07) is 9.64. The van der Waals surface area contributed by atoms with Crippen molar-refractivity contribution in [2.75, 3.05) is 5.88 Å². The van der Waals surface area contributed by atoms with E-state index in [4.69, 9.17) is 11.6 Å². The van der Waals surface area contributed by atoms with Gasteiger partial charge >= 0.3 is 0 Å². The smallest absolute Gasteiger partial charge is 0.253 e. The van der Waals surface area contributed by atoms with Crippen molar-refractivity contribution in [2.24, 2.45) is 0 Å². The van der Waals surface area contributed by atoms with E-state index in [2.05, 4.69) is 10.3 Å². The highest BCUT2D eigenvalue weighted by molar-refractivity contribution is 6.19. The number of hydrogen-bond acceptors (Lipinski definition) is 2. The van der Waals surface area contributed by atoms with Gasteiger partial charge in [0.15, 0.2) is 0 Å². The van der Waals surface area contributed by atoms with E-state index >= 15 is 0 Å². The van der Waals surface area contributed by atoms with E-state index in [-0.39, 0.29) is 11.4 Å². The minimum Gasteiger partial charge on any atom is -0.345 e. The Bertz CT molecular complexity index is 617. The summed E-state index contributed by atoms with van der Waals surface area (Å²) in [6.07, 6.45) is 4.67. The van der Waals surface area contributed by atoms with Gasteiger partial charge in [0.1, 0.15) is 0 Å². The van der Waals surface area contributed by atoms with Crippen molar-refractivity contribution in [3.63, 3.8) is 0 Å². The summed E-state index contributed by atoms with van der Waals surface area (Å²) in [6.45, 7) is 0. The highest BCUT2D eigenvalue weighted by Crippen LogP contribution is 2.33. The van der Waals surface area contributed by atoms with Crippen LogP contribution in [0.2, 0.25) is 0 Å². The predicted octanol–water partition coefficient (Wildman–Crippen LogP) is 3.13. The average molecular weight is 275 g/mol. The van der Waals surface area contributed by atoms with Crippen molar-refractivity contribution in [3.8, 4) is 0 Å². The number of fused-ring (bicyclic) bond motifs is 1. The number of benzene rings is 1. The molecule has 4 heteroatoms. The van der Waals surface area contributed by atoms with Crippen molar-refractivity contribution in [3.05, 3.63) is 42.1 Å². The lowest BCUT2D eigenvalue weighted by Crippen LogP contribution is -2.55. The van der Waals surface area contributed by atoms with Crippen LogP contribution in [0.1, 0.15) is 29.6 Å². The lowest BCUT2D eigenvalue weighted by molar-refractivity contribution is 0.0853. The van der Waals surface area contributed by atoms with Gasteiger partial charge in [-0.3, -0.25) is 9.78 Å². The predicted molar refractivity (Wildman–Crippen MR) is 76.5 cm³/mol. The molecule has 1 saturated carbocycles. The second kappa shape index (κ2) is 4.82. The standard InChI is InChI=1S/C15H15ClN2O/c16-10-15(6-3-7-15)18-14(19)12-8-11-4-1-2-5-13(11)17-9-12/h1-2,4-5,8-9H,3,6-7,10H2,(H,18,19). The van der Waals surface area contributed by atoms with Crippen LogP contribution in [0.4, 0.5) is 0 Å². The van der Waals surface area contributed by atoms with Gasteiger partial charge in [-0.2, -0.15) is 0 Å². The van der Waals surface area contributed by atoms with Crippen LogP contribution in [0.25, 0.3) is 10.9 Å². The Labute approximate surface area is 117 Å². The summed E-state index contributed by atoms with van der Waals surface area (Å²) in [4.78, 5) is 16.6. The maximum atomic E-state index is 12.2. The van der Waals surface area contributed by atoms with Crippen LogP contribution in [0, 0.1) is 0 Å². The third-order valence-corrected chi connectivity index (χ3v) is 4.31. The molecule has 0 spiro atoms. The Hall–Kier alpha value is -1.61. The Kier molecular flexibility index (Phi) is 3.15. The zero-order valence-electron chi connectivity index (χ0n) is 10.5. The third kappa shape index (κ3) is 2.30. The normalized spacial score (nSPS) is 16.9. The molecule has 1 aliphatic carbocycles. The van der Waals surface area contributed by atoms with Gasteiger partial charge in [-0.15, -0.1) is 11.6 Å². The third-order valence-electron chi connectivity index (χ3n) is 3.80. The first kappa shape index (κ1) is 12.4. The van der Waals surface area contributed by atoms with Crippen LogP contribution >= 0.6 is 11.6 Å². The number of carbonyl (C=O) groups excluding carboxylic acids is 1. The van der Waals surface area contributed by atoms with E-state index in [9.17, 15) is 4.79 Å². The summed E-state index contributed by atoms with van der Waals surface area (Å²) in [7, 11) is 0. The van der Waals surface area contributed by atoms with Gasteiger partial charge in [0.2, 0.25) is 0 Å². The van der Waals surface area contributed by atoms with E-state index in [1.54, 1.807) is 6.20 Å². The lowest BCUT2D eigenvalue weighted by Gasteiger charge is -2.40. The zero-order valence-corrected chi connectivity index (χ0v) is 11.3. The Morgan fingerprint density at radius 1 is 1.37 bits per heavy atom. The summed E-state index contributed by atoms with van der Waals surface area (Å²) < 4.78 is 0.